The van der Waals surface area contributed by atoms with Gasteiger partial charge in [-0.1, -0.05) is 17.3 Å². The largest absolute Gasteiger partial charge is 0.379 e. The van der Waals surface area contributed by atoms with Crippen molar-refractivity contribution in [1.29, 1.82) is 0 Å². The molecule has 1 amide bonds. The first kappa shape index (κ1) is 23.8. The molecule has 4 heterocycles. The average molecular weight is 501 g/mol. The Morgan fingerprint density at radius 1 is 1.08 bits per heavy atom. The lowest BCUT2D eigenvalue weighted by atomic mass is 10.0. The van der Waals surface area contributed by atoms with Crippen molar-refractivity contribution in [2.45, 2.75) is 25.4 Å². The van der Waals surface area contributed by atoms with Gasteiger partial charge >= 0.3 is 0 Å². The molecule has 0 atom stereocenters. The van der Waals surface area contributed by atoms with Gasteiger partial charge in [-0.15, -0.1) is 5.10 Å². The van der Waals surface area contributed by atoms with Gasteiger partial charge < -0.3 is 15.0 Å². The number of piperidine rings is 1. The number of carbonyl (C=O) groups is 1. The number of aromatic nitrogens is 5. The molecule has 0 aliphatic carbocycles. The maximum Gasteiger partial charge on any atom is 0.251 e. The van der Waals surface area contributed by atoms with Crippen LogP contribution in [0.3, 0.4) is 0 Å². The van der Waals surface area contributed by atoms with Gasteiger partial charge in [-0.3, -0.25) is 14.8 Å². The fourth-order valence-corrected chi connectivity index (χ4v) is 5.04. The number of rotatable bonds is 6. The van der Waals surface area contributed by atoms with Crippen LogP contribution in [-0.4, -0.2) is 93.4 Å². The molecule has 0 unspecified atom stereocenters. The fraction of sp³-hybridized carbons (Fsp3) is 0.407. The molecule has 0 radical (unpaired) electrons. The molecule has 192 valence electrons. The van der Waals surface area contributed by atoms with E-state index in [1.807, 2.05) is 24.4 Å². The highest BCUT2D eigenvalue weighted by molar-refractivity contribution is 6.01. The molecule has 0 bridgehead atoms. The Kier molecular flexibility index (Phi) is 6.69. The van der Waals surface area contributed by atoms with Crippen molar-refractivity contribution in [2.24, 2.45) is 0 Å². The number of ether oxygens (including phenoxy) is 1. The number of morpholine rings is 1. The van der Waals surface area contributed by atoms with Crippen LogP contribution in [0.15, 0.2) is 48.7 Å². The van der Waals surface area contributed by atoms with Crippen LogP contribution in [0.4, 0.5) is 0 Å². The van der Waals surface area contributed by atoms with E-state index >= 15 is 0 Å². The minimum atomic E-state index is -0.0515. The molecule has 37 heavy (non-hydrogen) atoms. The van der Waals surface area contributed by atoms with Gasteiger partial charge in [0.15, 0.2) is 0 Å². The molecule has 0 spiro atoms. The number of carbonyl (C=O) groups excluding carboxylic acids is 1. The highest BCUT2D eigenvalue weighted by Crippen LogP contribution is 2.26. The summed E-state index contributed by atoms with van der Waals surface area (Å²) in [5.74, 6) is -0.0515. The van der Waals surface area contributed by atoms with Crippen LogP contribution in [0.25, 0.3) is 28.0 Å². The molecular formula is C27H32N8O2. The molecule has 2 aromatic heterocycles. The van der Waals surface area contributed by atoms with Crippen molar-refractivity contribution in [2.75, 3.05) is 46.4 Å². The Hall–Kier alpha value is -3.60. The molecule has 2 saturated heterocycles. The maximum atomic E-state index is 13.0. The minimum absolute atomic E-state index is 0.0515. The molecule has 4 aromatic rings. The first-order chi connectivity index (χ1) is 18.1. The zero-order chi connectivity index (χ0) is 25.2. The van der Waals surface area contributed by atoms with Gasteiger partial charge in [-0.05, 0) is 68.9 Å². The Balaban J connectivity index is 1.17. The summed E-state index contributed by atoms with van der Waals surface area (Å²) < 4.78 is 7.19. The van der Waals surface area contributed by atoms with Crippen LogP contribution in [0.5, 0.6) is 0 Å². The van der Waals surface area contributed by atoms with E-state index < -0.39 is 0 Å². The lowest BCUT2D eigenvalue weighted by molar-refractivity contribution is 0.0342. The van der Waals surface area contributed by atoms with E-state index in [0.29, 0.717) is 17.0 Å². The summed E-state index contributed by atoms with van der Waals surface area (Å²) in [5.41, 5.74) is 5.00. The number of hydrogen-bond acceptors (Lipinski definition) is 7. The number of benzene rings is 2. The SMILES string of the molecule is CN1CCC(NC(=O)c2ccc3[nH]nc(-c4cn(-c5ccc(CN6CCOCC6)cc5)nn4)c3c2)CC1. The molecule has 2 aliphatic heterocycles. The molecule has 10 nitrogen and oxygen atoms in total. The first-order valence-corrected chi connectivity index (χ1v) is 12.9. The zero-order valence-corrected chi connectivity index (χ0v) is 21.1. The van der Waals surface area contributed by atoms with E-state index in [0.717, 1.165) is 75.4 Å². The number of nitrogens with one attached hydrogen (secondary N) is 2. The van der Waals surface area contributed by atoms with Crippen LogP contribution in [-0.2, 0) is 11.3 Å². The summed E-state index contributed by atoms with van der Waals surface area (Å²) in [6, 6.07) is 14.2. The Morgan fingerprint density at radius 2 is 1.86 bits per heavy atom. The summed E-state index contributed by atoms with van der Waals surface area (Å²) in [6.45, 7) is 6.45. The van der Waals surface area contributed by atoms with E-state index in [2.05, 4.69) is 66.9 Å². The third kappa shape index (κ3) is 5.27. The molecule has 2 aromatic carbocycles. The number of likely N-dealkylation sites (tertiary alicyclic amines) is 1. The van der Waals surface area contributed by atoms with Crippen molar-refractivity contribution in [1.82, 2.24) is 40.3 Å². The first-order valence-electron chi connectivity index (χ1n) is 12.9. The van der Waals surface area contributed by atoms with Gasteiger partial charge in [0.2, 0.25) is 0 Å². The van der Waals surface area contributed by atoms with E-state index in [-0.39, 0.29) is 11.9 Å². The number of hydrogen-bond donors (Lipinski definition) is 2. The van der Waals surface area contributed by atoms with Crippen molar-refractivity contribution in [3.63, 3.8) is 0 Å². The molecular weight excluding hydrogens is 468 g/mol. The van der Waals surface area contributed by atoms with E-state index in [1.54, 1.807) is 4.68 Å². The van der Waals surface area contributed by atoms with Crippen LogP contribution in [0, 0.1) is 0 Å². The van der Waals surface area contributed by atoms with Gasteiger partial charge in [0.1, 0.15) is 11.4 Å². The number of amides is 1. The minimum Gasteiger partial charge on any atom is -0.379 e. The Morgan fingerprint density at radius 3 is 2.65 bits per heavy atom. The second kappa shape index (κ2) is 10.4. The standard InChI is InChI=1S/C27H32N8O2/c1-33-10-8-21(9-11-33)28-27(36)20-4-7-24-23(16-20)26(31-29-24)25-18-35(32-30-25)22-5-2-19(3-6-22)17-34-12-14-37-15-13-34/h2-7,16,18,21H,8-15,17H2,1H3,(H,28,36)(H,29,31). The fourth-order valence-electron chi connectivity index (χ4n) is 5.04. The normalized spacial score (nSPS) is 17.9. The lowest BCUT2D eigenvalue weighted by Gasteiger charge is -2.29. The van der Waals surface area contributed by atoms with Crippen LogP contribution < -0.4 is 5.32 Å². The summed E-state index contributed by atoms with van der Waals surface area (Å²) in [6.07, 6.45) is 3.81. The third-order valence-electron chi connectivity index (χ3n) is 7.33. The average Bonchev–Trinajstić information content (AvgIpc) is 3.58. The molecule has 2 aliphatic rings. The summed E-state index contributed by atoms with van der Waals surface area (Å²) in [5, 5.41) is 20.3. The molecule has 2 N–H and O–H groups in total. The smallest absolute Gasteiger partial charge is 0.251 e. The van der Waals surface area contributed by atoms with Crippen LogP contribution >= 0.6 is 0 Å². The summed E-state index contributed by atoms with van der Waals surface area (Å²) in [7, 11) is 2.12. The number of fused-ring (bicyclic) bond motifs is 1. The second-order valence-corrected chi connectivity index (χ2v) is 9.99. The van der Waals surface area contributed by atoms with Gasteiger partial charge in [0.05, 0.1) is 30.6 Å². The third-order valence-corrected chi connectivity index (χ3v) is 7.33. The predicted octanol–water partition coefficient (Wildman–Crippen LogP) is 2.47. The Labute approximate surface area is 215 Å². The van der Waals surface area contributed by atoms with Gasteiger partial charge in [0, 0.05) is 36.6 Å². The quantitative estimate of drug-likeness (QED) is 0.419. The second-order valence-electron chi connectivity index (χ2n) is 9.99. The van der Waals surface area contributed by atoms with Crippen LogP contribution in [0.1, 0.15) is 28.8 Å². The number of nitrogens with zero attached hydrogens (tertiary/aromatic N) is 6. The maximum absolute atomic E-state index is 13.0. The molecule has 6 rings (SSSR count). The van der Waals surface area contributed by atoms with Gasteiger partial charge in [-0.25, -0.2) is 4.68 Å². The zero-order valence-electron chi connectivity index (χ0n) is 21.1. The summed E-state index contributed by atoms with van der Waals surface area (Å²) >= 11 is 0. The van der Waals surface area contributed by atoms with E-state index in [1.165, 1.54) is 5.56 Å². The number of H-pyrrole nitrogens is 1. The molecule has 10 heteroatoms. The van der Waals surface area contributed by atoms with Gasteiger partial charge in [-0.2, -0.15) is 5.10 Å². The van der Waals surface area contributed by atoms with Crippen molar-refractivity contribution >= 4 is 16.8 Å². The monoisotopic (exact) mass is 500 g/mol. The van der Waals surface area contributed by atoms with Crippen LogP contribution in [0.2, 0.25) is 0 Å². The highest BCUT2D eigenvalue weighted by Gasteiger charge is 2.20. The van der Waals surface area contributed by atoms with Crippen molar-refractivity contribution < 1.29 is 9.53 Å². The topological polar surface area (TPSA) is 104 Å². The number of aromatic amines is 1. The highest BCUT2D eigenvalue weighted by atomic mass is 16.5. The lowest BCUT2D eigenvalue weighted by Crippen LogP contribution is -2.43. The molecule has 0 saturated carbocycles. The molecule has 2 fully saturated rings. The predicted molar refractivity (Wildman–Crippen MR) is 141 cm³/mol. The van der Waals surface area contributed by atoms with E-state index in [9.17, 15) is 4.79 Å². The van der Waals surface area contributed by atoms with Crippen molar-refractivity contribution in [3.8, 4) is 17.1 Å². The van der Waals surface area contributed by atoms with Crippen molar-refractivity contribution in [3.05, 3.63) is 59.8 Å². The summed E-state index contributed by atoms with van der Waals surface area (Å²) in [4.78, 5) is 17.6. The van der Waals surface area contributed by atoms with Gasteiger partial charge in [0.25, 0.3) is 5.91 Å². The Bertz CT molecular complexity index is 1360. The van der Waals surface area contributed by atoms with E-state index in [4.69, 9.17) is 4.74 Å².